The third kappa shape index (κ3) is 4.52. The van der Waals surface area contributed by atoms with Crippen LogP contribution in [0.3, 0.4) is 0 Å². The standard InChI is InChI=1S/C24H23Cl2N9O/c1-14(27)33-9-11-34(12-10-33)16-7-5-15(6-8-16)30-23-29-13-17-21(28)35(24(36)32-22(17)31-23)20-18(25)3-2-4-19(20)26/h2-8,13,27H,9-12,28H2,1H3,(H,30,31,32,36). The molecule has 0 amide bonds. The summed E-state index contributed by atoms with van der Waals surface area (Å²) in [4.78, 5) is 30.0. The van der Waals surface area contributed by atoms with E-state index in [2.05, 4.69) is 30.1 Å². The SMILES string of the molecule is CC(=N)N1CCN(c2ccc(Nc3ncc4c(N)n(-c5c(Cl)cccc5Cl)c(=O)nc4n3)cc2)CC1. The molecule has 0 bridgehead atoms. The molecule has 2 aromatic heterocycles. The topological polar surface area (TPSA) is 129 Å². The van der Waals surface area contributed by atoms with Gasteiger partial charge in [0.1, 0.15) is 5.82 Å². The lowest BCUT2D eigenvalue weighted by atomic mass is 10.2. The Morgan fingerprint density at radius 2 is 1.69 bits per heavy atom. The quantitative estimate of drug-likeness (QED) is 0.271. The zero-order valence-electron chi connectivity index (χ0n) is 19.4. The number of piperazine rings is 1. The fourth-order valence-corrected chi connectivity index (χ4v) is 4.73. The van der Waals surface area contributed by atoms with E-state index in [1.165, 1.54) is 6.20 Å². The van der Waals surface area contributed by atoms with Gasteiger partial charge in [0.2, 0.25) is 5.95 Å². The van der Waals surface area contributed by atoms with Crippen molar-refractivity contribution in [3.63, 3.8) is 0 Å². The predicted molar refractivity (Wildman–Crippen MR) is 144 cm³/mol. The van der Waals surface area contributed by atoms with Crippen molar-refractivity contribution in [3.05, 3.63) is 69.2 Å². The monoisotopic (exact) mass is 523 g/mol. The van der Waals surface area contributed by atoms with Crippen molar-refractivity contribution in [1.82, 2.24) is 24.4 Å². The smallest absolute Gasteiger partial charge is 0.355 e. The summed E-state index contributed by atoms with van der Waals surface area (Å²) in [5.74, 6) is 0.978. The van der Waals surface area contributed by atoms with Crippen molar-refractivity contribution < 1.29 is 0 Å². The molecular formula is C24H23Cl2N9O. The van der Waals surface area contributed by atoms with Crippen LogP contribution < -0.4 is 21.6 Å². The lowest BCUT2D eigenvalue weighted by Crippen LogP contribution is -2.47. The number of halogens is 2. The van der Waals surface area contributed by atoms with Crippen molar-refractivity contribution in [2.24, 2.45) is 0 Å². The van der Waals surface area contributed by atoms with Gasteiger partial charge in [-0.2, -0.15) is 9.97 Å². The van der Waals surface area contributed by atoms with Crippen LogP contribution in [0, 0.1) is 5.41 Å². The highest BCUT2D eigenvalue weighted by molar-refractivity contribution is 6.37. The summed E-state index contributed by atoms with van der Waals surface area (Å²) in [6.45, 7) is 5.21. The molecule has 36 heavy (non-hydrogen) atoms. The highest BCUT2D eigenvalue weighted by Crippen LogP contribution is 2.30. The number of para-hydroxylation sites is 1. The number of nitrogen functional groups attached to an aromatic ring is 1. The first-order valence-corrected chi connectivity index (χ1v) is 12.0. The van der Waals surface area contributed by atoms with Gasteiger partial charge in [-0.15, -0.1) is 0 Å². The summed E-state index contributed by atoms with van der Waals surface area (Å²) in [5.41, 5.74) is 7.95. The number of anilines is 4. The molecule has 1 fully saturated rings. The van der Waals surface area contributed by atoms with Crippen LogP contribution in [0.25, 0.3) is 16.7 Å². The Morgan fingerprint density at radius 1 is 1.03 bits per heavy atom. The summed E-state index contributed by atoms with van der Waals surface area (Å²) in [5, 5.41) is 11.9. The summed E-state index contributed by atoms with van der Waals surface area (Å²) >= 11 is 12.5. The van der Waals surface area contributed by atoms with E-state index in [1.54, 1.807) is 18.2 Å². The molecule has 5 rings (SSSR count). The van der Waals surface area contributed by atoms with Gasteiger partial charge >= 0.3 is 5.69 Å². The number of nitrogens with zero attached hydrogens (tertiary/aromatic N) is 6. The fourth-order valence-electron chi connectivity index (χ4n) is 4.17. The Hall–Kier alpha value is -3.89. The number of nitrogens with two attached hydrogens (primary N) is 1. The molecule has 4 aromatic rings. The van der Waals surface area contributed by atoms with E-state index in [4.69, 9.17) is 34.3 Å². The van der Waals surface area contributed by atoms with E-state index in [0.29, 0.717) is 11.2 Å². The number of nitrogens with one attached hydrogen (secondary N) is 2. The van der Waals surface area contributed by atoms with Crippen LogP contribution in [0.4, 0.5) is 23.1 Å². The molecule has 1 aliphatic heterocycles. The molecule has 0 atom stereocenters. The highest BCUT2D eigenvalue weighted by Gasteiger charge is 2.19. The van der Waals surface area contributed by atoms with Crippen LogP contribution in [0.15, 0.2) is 53.5 Å². The molecule has 12 heteroatoms. The Labute approximate surface area is 216 Å². The number of hydrogen-bond donors (Lipinski definition) is 3. The van der Waals surface area contributed by atoms with Gasteiger partial charge in [-0.1, -0.05) is 29.3 Å². The van der Waals surface area contributed by atoms with Gasteiger partial charge in [-0.05, 0) is 43.3 Å². The first-order chi connectivity index (χ1) is 17.3. The minimum Gasteiger partial charge on any atom is -0.384 e. The number of benzene rings is 2. The maximum Gasteiger partial charge on any atom is 0.355 e. The third-order valence-electron chi connectivity index (χ3n) is 6.08. The van der Waals surface area contributed by atoms with Crippen LogP contribution in [0.5, 0.6) is 0 Å². The maximum atomic E-state index is 12.8. The average molecular weight is 524 g/mol. The van der Waals surface area contributed by atoms with Crippen molar-refractivity contribution in [2.45, 2.75) is 6.92 Å². The molecule has 10 nitrogen and oxygen atoms in total. The second-order valence-electron chi connectivity index (χ2n) is 8.35. The summed E-state index contributed by atoms with van der Waals surface area (Å²) in [7, 11) is 0. The largest absolute Gasteiger partial charge is 0.384 e. The minimum atomic E-state index is -0.651. The van der Waals surface area contributed by atoms with Crippen molar-refractivity contribution >= 4 is 63.2 Å². The molecule has 3 heterocycles. The predicted octanol–water partition coefficient (Wildman–Crippen LogP) is 3.93. The Kier molecular flexibility index (Phi) is 6.38. The van der Waals surface area contributed by atoms with E-state index in [-0.39, 0.29) is 33.1 Å². The molecule has 0 saturated carbocycles. The second-order valence-corrected chi connectivity index (χ2v) is 9.16. The molecule has 2 aromatic carbocycles. The summed E-state index contributed by atoms with van der Waals surface area (Å²) in [6.07, 6.45) is 1.51. The molecule has 0 unspecified atom stereocenters. The number of aromatic nitrogens is 4. The fraction of sp³-hybridized carbons (Fsp3) is 0.208. The van der Waals surface area contributed by atoms with Crippen molar-refractivity contribution in [2.75, 3.05) is 42.1 Å². The lowest BCUT2D eigenvalue weighted by Gasteiger charge is -2.36. The molecule has 1 saturated heterocycles. The maximum absolute atomic E-state index is 12.8. The van der Waals surface area contributed by atoms with Crippen LogP contribution in [-0.4, -0.2) is 56.4 Å². The van der Waals surface area contributed by atoms with E-state index >= 15 is 0 Å². The van der Waals surface area contributed by atoms with E-state index in [0.717, 1.165) is 42.1 Å². The van der Waals surface area contributed by atoms with Gasteiger partial charge in [0, 0.05) is 43.8 Å². The first-order valence-electron chi connectivity index (χ1n) is 11.2. The van der Waals surface area contributed by atoms with Crippen LogP contribution in [0.1, 0.15) is 6.92 Å². The van der Waals surface area contributed by atoms with E-state index in [1.807, 2.05) is 31.2 Å². The van der Waals surface area contributed by atoms with E-state index in [9.17, 15) is 4.79 Å². The summed E-state index contributed by atoms with van der Waals surface area (Å²) in [6, 6.07) is 12.8. The van der Waals surface area contributed by atoms with Gasteiger partial charge in [0.15, 0.2) is 5.65 Å². The molecular weight excluding hydrogens is 501 g/mol. The van der Waals surface area contributed by atoms with Crippen LogP contribution >= 0.6 is 23.2 Å². The molecule has 0 aliphatic carbocycles. The Bertz CT molecular complexity index is 1490. The lowest BCUT2D eigenvalue weighted by molar-refractivity contribution is 0.382. The normalized spacial score (nSPS) is 13.8. The highest BCUT2D eigenvalue weighted by atomic mass is 35.5. The number of hydrogen-bond acceptors (Lipinski definition) is 8. The number of amidine groups is 1. The molecule has 0 spiro atoms. The van der Waals surface area contributed by atoms with Crippen molar-refractivity contribution in [3.8, 4) is 5.69 Å². The van der Waals surface area contributed by atoms with Gasteiger partial charge in [-0.3, -0.25) is 5.41 Å². The number of rotatable bonds is 4. The second kappa shape index (κ2) is 9.63. The van der Waals surface area contributed by atoms with Gasteiger partial charge in [0.25, 0.3) is 0 Å². The van der Waals surface area contributed by atoms with Gasteiger partial charge in [0.05, 0.1) is 27.0 Å². The number of fused-ring (bicyclic) bond motifs is 1. The zero-order chi connectivity index (χ0) is 25.4. The molecule has 1 aliphatic rings. The van der Waals surface area contributed by atoms with Crippen molar-refractivity contribution in [1.29, 1.82) is 5.41 Å². The molecule has 0 radical (unpaired) electrons. The first kappa shape index (κ1) is 23.8. The van der Waals surface area contributed by atoms with Gasteiger partial charge in [-0.25, -0.2) is 14.3 Å². The van der Waals surface area contributed by atoms with Crippen LogP contribution in [-0.2, 0) is 0 Å². The molecule has 4 N–H and O–H groups in total. The average Bonchev–Trinajstić information content (AvgIpc) is 2.86. The van der Waals surface area contributed by atoms with Gasteiger partial charge < -0.3 is 20.9 Å². The minimum absolute atomic E-state index is 0.0919. The zero-order valence-corrected chi connectivity index (χ0v) is 20.9. The third-order valence-corrected chi connectivity index (χ3v) is 6.69. The summed E-state index contributed by atoms with van der Waals surface area (Å²) < 4.78 is 1.16. The molecule has 184 valence electrons. The van der Waals surface area contributed by atoms with Crippen LogP contribution in [0.2, 0.25) is 10.0 Å². The Balaban J connectivity index is 1.37. The van der Waals surface area contributed by atoms with E-state index < -0.39 is 5.69 Å². The Morgan fingerprint density at radius 3 is 2.33 bits per heavy atom.